The van der Waals surface area contributed by atoms with Gasteiger partial charge in [0.25, 0.3) is 5.91 Å². The Kier molecular flexibility index (Phi) is 3.56. The van der Waals surface area contributed by atoms with Crippen LogP contribution in [0.5, 0.6) is 0 Å². The summed E-state index contributed by atoms with van der Waals surface area (Å²) in [6, 6.07) is 0. The third-order valence-electron chi connectivity index (χ3n) is 2.99. The first-order chi connectivity index (χ1) is 7.66. The second-order valence-corrected chi connectivity index (χ2v) is 5.45. The number of carbonyl (C=O) groups excluding carboxylic acids is 1. The summed E-state index contributed by atoms with van der Waals surface area (Å²) in [5.41, 5.74) is 0. The van der Waals surface area contributed by atoms with Gasteiger partial charge >= 0.3 is 0 Å². The molecule has 0 spiro atoms. The number of amides is 1. The smallest absolute Gasteiger partial charge is 0.263 e. The van der Waals surface area contributed by atoms with E-state index in [1.165, 1.54) is 11.3 Å². The van der Waals surface area contributed by atoms with Gasteiger partial charge in [0.15, 0.2) is 0 Å². The summed E-state index contributed by atoms with van der Waals surface area (Å²) in [5.74, 6) is 0.141. The van der Waals surface area contributed by atoms with Crippen molar-refractivity contribution < 1.29 is 9.90 Å². The molecule has 0 radical (unpaired) electrons. The molecule has 1 aromatic heterocycles. The highest BCUT2D eigenvalue weighted by Crippen LogP contribution is 2.24. The normalized spacial score (nSPS) is 24.6. The highest BCUT2D eigenvalue weighted by molar-refractivity contribution is 7.13. The molecule has 2 unspecified atom stereocenters. The van der Waals surface area contributed by atoms with Crippen LogP contribution in [0.2, 0.25) is 0 Å². The molecule has 2 N–H and O–H groups in total. The Hall–Kier alpha value is -0.940. The van der Waals surface area contributed by atoms with Crippen LogP contribution in [0.3, 0.4) is 0 Å². The molecule has 0 aliphatic heterocycles. The highest BCUT2D eigenvalue weighted by Gasteiger charge is 2.25. The van der Waals surface area contributed by atoms with Gasteiger partial charge in [-0.15, -0.1) is 11.3 Å². The summed E-state index contributed by atoms with van der Waals surface area (Å²) in [6.45, 7) is 2.44. The zero-order chi connectivity index (χ0) is 11.5. The Bertz CT molecular complexity index is 378. The van der Waals surface area contributed by atoms with Gasteiger partial charge in [-0.2, -0.15) is 0 Å². The Balaban J connectivity index is 1.84. The minimum absolute atomic E-state index is 0.0790. The third-order valence-corrected chi connectivity index (χ3v) is 3.90. The van der Waals surface area contributed by atoms with Gasteiger partial charge in [-0.3, -0.25) is 4.79 Å². The average Bonchev–Trinajstić information content (AvgIpc) is 2.84. The summed E-state index contributed by atoms with van der Waals surface area (Å²) >= 11 is 1.39. The molecular weight excluding hydrogens is 224 g/mol. The molecule has 1 aliphatic carbocycles. The standard InChI is InChI=1S/C11H16N2O2S/c1-7-12-6-10(16-7)11(15)13-5-8-3-2-4-9(8)14/h6,8-9,14H,2-5H2,1H3,(H,13,15). The molecule has 1 heterocycles. The van der Waals surface area contributed by atoms with Gasteiger partial charge < -0.3 is 10.4 Å². The topological polar surface area (TPSA) is 62.2 Å². The SMILES string of the molecule is Cc1ncc(C(=O)NCC2CCCC2O)s1. The quantitative estimate of drug-likeness (QED) is 0.838. The molecule has 0 saturated heterocycles. The zero-order valence-electron chi connectivity index (χ0n) is 9.27. The van der Waals surface area contributed by atoms with Crippen molar-refractivity contribution in [1.82, 2.24) is 10.3 Å². The molecule has 2 atom stereocenters. The summed E-state index contributed by atoms with van der Waals surface area (Å²) in [7, 11) is 0. The van der Waals surface area contributed by atoms with Crippen LogP contribution >= 0.6 is 11.3 Å². The van der Waals surface area contributed by atoms with E-state index in [1.807, 2.05) is 6.92 Å². The fraction of sp³-hybridized carbons (Fsp3) is 0.636. The number of aliphatic hydroxyl groups is 1. The van der Waals surface area contributed by atoms with Crippen LogP contribution in [0.25, 0.3) is 0 Å². The molecule has 0 aromatic carbocycles. The number of hydrogen-bond donors (Lipinski definition) is 2. The van der Waals surface area contributed by atoms with Gasteiger partial charge in [0.2, 0.25) is 0 Å². The maximum Gasteiger partial charge on any atom is 0.263 e. The van der Waals surface area contributed by atoms with Gasteiger partial charge in [0.1, 0.15) is 4.88 Å². The molecule has 2 rings (SSSR count). The lowest BCUT2D eigenvalue weighted by molar-refractivity contribution is 0.0920. The third kappa shape index (κ3) is 2.59. The van der Waals surface area contributed by atoms with Gasteiger partial charge in [-0.1, -0.05) is 6.42 Å². The molecule has 4 nitrogen and oxygen atoms in total. The van der Waals surface area contributed by atoms with Crippen LogP contribution < -0.4 is 5.32 Å². The number of thiazole rings is 1. The van der Waals surface area contributed by atoms with Gasteiger partial charge in [-0.25, -0.2) is 4.98 Å². The fourth-order valence-electron chi connectivity index (χ4n) is 2.03. The van der Waals surface area contributed by atoms with Crippen molar-refractivity contribution in [3.8, 4) is 0 Å². The van der Waals surface area contributed by atoms with Crippen LogP contribution in [0.4, 0.5) is 0 Å². The largest absolute Gasteiger partial charge is 0.393 e. The molecule has 1 amide bonds. The van der Waals surface area contributed by atoms with Gasteiger partial charge in [0, 0.05) is 12.5 Å². The van der Waals surface area contributed by atoms with Crippen molar-refractivity contribution in [1.29, 1.82) is 0 Å². The summed E-state index contributed by atoms with van der Waals surface area (Å²) in [5, 5.41) is 13.4. The number of aromatic nitrogens is 1. The Morgan fingerprint density at radius 1 is 1.69 bits per heavy atom. The van der Waals surface area contributed by atoms with Crippen LogP contribution in [0, 0.1) is 12.8 Å². The minimum Gasteiger partial charge on any atom is -0.393 e. The zero-order valence-corrected chi connectivity index (χ0v) is 10.1. The lowest BCUT2D eigenvalue weighted by Gasteiger charge is -2.14. The number of rotatable bonds is 3. The van der Waals surface area contributed by atoms with E-state index in [-0.39, 0.29) is 17.9 Å². The molecule has 1 saturated carbocycles. The van der Waals surface area contributed by atoms with E-state index < -0.39 is 0 Å². The van der Waals surface area contributed by atoms with Crippen molar-refractivity contribution >= 4 is 17.2 Å². The van der Waals surface area contributed by atoms with Crippen LogP contribution in [-0.4, -0.2) is 28.6 Å². The maximum atomic E-state index is 11.7. The molecular formula is C11H16N2O2S. The minimum atomic E-state index is -0.247. The van der Waals surface area contributed by atoms with Crippen LogP contribution in [-0.2, 0) is 0 Å². The van der Waals surface area contributed by atoms with E-state index >= 15 is 0 Å². The van der Waals surface area contributed by atoms with E-state index in [1.54, 1.807) is 6.20 Å². The summed E-state index contributed by atoms with van der Waals surface area (Å²) in [4.78, 5) is 16.4. The average molecular weight is 240 g/mol. The van der Waals surface area contributed by atoms with Crippen molar-refractivity contribution in [2.45, 2.75) is 32.3 Å². The number of aliphatic hydroxyl groups excluding tert-OH is 1. The van der Waals surface area contributed by atoms with Crippen molar-refractivity contribution in [3.05, 3.63) is 16.1 Å². The Labute approximate surface area is 98.7 Å². The highest BCUT2D eigenvalue weighted by atomic mass is 32.1. The monoisotopic (exact) mass is 240 g/mol. The lowest BCUT2D eigenvalue weighted by Crippen LogP contribution is -2.32. The summed E-state index contributed by atoms with van der Waals surface area (Å²) in [6.07, 6.45) is 4.27. The van der Waals surface area contributed by atoms with Crippen molar-refractivity contribution in [2.75, 3.05) is 6.54 Å². The number of carbonyl (C=O) groups is 1. The van der Waals surface area contributed by atoms with Crippen LogP contribution in [0.1, 0.15) is 33.9 Å². The van der Waals surface area contributed by atoms with Gasteiger partial charge in [-0.05, 0) is 19.8 Å². The molecule has 1 aliphatic rings. The van der Waals surface area contributed by atoms with E-state index in [4.69, 9.17) is 0 Å². The number of nitrogens with one attached hydrogen (secondary N) is 1. The molecule has 16 heavy (non-hydrogen) atoms. The molecule has 1 fully saturated rings. The predicted molar refractivity (Wildman–Crippen MR) is 62.5 cm³/mol. The second-order valence-electron chi connectivity index (χ2n) is 4.21. The van der Waals surface area contributed by atoms with Gasteiger partial charge in [0.05, 0.1) is 17.3 Å². The van der Waals surface area contributed by atoms with E-state index in [9.17, 15) is 9.90 Å². The number of hydrogen-bond acceptors (Lipinski definition) is 4. The first kappa shape index (κ1) is 11.5. The summed E-state index contributed by atoms with van der Waals surface area (Å²) < 4.78 is 0. The first-order valence-electron chi connectivity index (χ1n) is 5.55. The second kappa shape index (κ2) is 4.93. The molecule has 1 aromatic rings. The van der Waals surface area contributed by atoms with E-state index in [0.717, 1.165) is 24.3 Å². The Morgan fingerprint density at radius 2 is 2.50 bits per heavy atom. The Morgan fingerprint density at radius 3 is 3.06 bits per heavy atom. The number of nitrogens with zero attached hydrogens (tertiary/aromatic N) is 1. The maximum absolute atomic E-state index is 11.7. The molecule has 5 heteroatoms. The molecule has 0 bridgehead atoms. The van der Waals surface area contributed by atoms with E-state index in [2.05, 4.69) is 10.3 Å². The van der Waals surface area contributed by atoms with Crippen molar-refractivity contribution in [2.24, 2.45) is 5.92 Å². The lowest BCUT2D eigenvalue weighted by atomic mass is 10.1. The van der Waals surface area contributed by atoms with Crippen molar-refractivity contribution in [3.63, 3.8) is 0 Å². The van der Waals surface area contributed by atoms with E-state index in [0.29, 0.717) is 11.4 Å². The molecule has 88 valence electrons. The van der Waals surface area contributed by atoms with Crippen LogP contribution in [0.15, 0.2) is 6.20 Å². The predicted octanol–water partition coefficient (Wildman–Crippen LogP) is 1.34. The number of aryl methyl sites for hydroxylation is 1. The fourth-order valence-corrected chi connectivity index (χ4v) is 2.73. The first-order valence-corrected chi connectivity index (χ1v) is 6.37.